The third-order valence-electron chi connectivity index (χ3n) is 5.27. The highest BCUT2D eigenvalue weighted by atomic mass is 35.5. The van der Waals surface area contributed by atoms with Crippen molar-refractivity contribution in [2.24, 2.45) is 0 Å². The van der Waals surface area contributed by atoms with E-state index in [4.69, 9.17) is 21.1 Å². The molecule has 0 atom stereocenters. The van der Waals surface area contributed by atoms with E-state index >= 15 is 0 Å². The Bertz CT molecular complexity index is 1040. The smallest absolute Gasteiger partial charge is 0.251 e. The van der Waals surface area contributed by atoms with Crippen molar-refractivity contribution in [1.29, 1.82) is 0 Å². The first-order chi connectivity index (χ1) is 15.4. The minimum Gasteiger partial charge on any atom is -0.493 e. The molecule has 0 unspecified atom stereocenters. The van der Waals surface area contributed by atoms with Crippen molar-refractivity contribution in [2.75, 3.05) is 26.8 Å². The van der Waals surface area contributed by atoms with E-state index in [1.54, 1.807) is 36.4 Å². The molecule has 1 fully saturated rings. The fraction of sp³-hybridized carbons (Fsp3) is 0.435. The van der Waals surface area contributed by atoms with Gasteiger partial charge < -0.3 is 14.8 Å². The molecular weight excluding hydrogens is 452 g/mol. The average Bonchev–Trinajstić information content (AvgIpc) is 2.82. The Hall–Kier alpha value is -2.29. The van der Waals surface area contributed by atoms with E-state index in [1.165, 1.54) is 11.4 Å². The summed E-state index contributed by atoms with van der Waals surface area (Å²) in [5.74, 6) is 0.485. The van der Waals surface area contributed by atoms with Crippen LogP contribution in [0.4, 0.5) is 0 Å². The van der Waals surface area contributed by atoms with Gasteiger partial charge >= 0.3 is 0 Å². The Kier molecular flexibility index (Phi) is 8.39. The van der Waals surface area contributed by atoms with E-state index in [9.17, 15) is 13.2 Å². The highest BCUT2D eigenvalue weighted by molar-refractivity contribution is 7.89. The topological polar surface area (TPSA) is 84.9 Å². The number of piperidine rings is 1. The molecule has 0 bridgehead atoms. The molecule has 2 aromatic carbocycles. The van der Waals surface area contributed by atoms with Crippen LogP contribution in [0, 0.1) is 0 Å². The van der Waals surface area contributed by atoms with E-state index in [2.05, 4.69) is 5.32 Å². The predicted molar refractivity (Wildman–Crippen MR) is 124 cm³/mol. The number of halogens is 1. The van der Waals surface area contributed by atoms with Crippen molar-refractivity contribution in [3.63, 3.8) is 0 Å². The number of nitrogens with one attached hydrogen (secondary N) is 1. The summed E-state index contributed by atoms with van der Waals surface area (Å²) in [6.07, 6.45) is 3.67. The van der Waals surface area contributed by atoms with Gasteiger partial charge in [0.05, 0.1) is 23.6 Å². The zero-order valence-corrected chi connectivity index (χ0v) is 20.0. The quantitative estimate of drug-likeness (QED) is 0.580. The standard InChI is InChI=1S/C23H29ClN2O5S/c1-3-13-31-22-20(24)14-18(15-21(22)30-2)23(27)25-16-17-7-9-19(10-8-17)32(28,29)26-11-5-4-6-12-26/h7-10,14-15H,3-6,11-13,16H2,1-2H3,(H,25,27). The van der Waals surface area contributed by atoms with E-state index in [1.807, 2.05) is 6.92 Å². The number of hydrogen-bond acceptors (Lipinski definition) is 5. The second-order valence-electron chi connectivity index (χ2n) is 7.63. The molecule has 0 aromatic heterocycles. The van der Waals surface area contributed by atoms with Gasteiger partial charge in [0, 0.05) is 25.2 Å². The average molecular weight is 481 g/mol. The Balaban J connectivity index is 1.65. The molecule has 1 aliphatic heterocycles. The van der Waals surface area contributed by atoms with E-state index < -0.39 is 10.0 Å². The molecule has 1 amide bonds. The molecule has 0 saturated carbocycles. The number of carbonyl (C=O) groups excluding carboxylic acids is 1. The van der Waals surface area contributed by atoms with Crippen LogP contribution in [0.1, 0.15) is 48.5 Å². The number of rotatable bonds is 9. The maximum atomic E-state index is 12.8. The first-order valence-electron chi connectivity index (χ1n) is 10.7. The van der Waals surface area contributed by atoms with Crippen LogP contribution in [0.15, 0.2) is 41.3 Å². The Labute approximate surface area is 194 Å². The summed E-state index contributed by atoms with van der Waals surface area (Å²) in [5, 5.41) is 3.13. The predicted octanol–water partition coefficient (Wildman–Crippen LogP) is 4.24. The molecule has 0 radical (unpaired) electrons. The normalized spacial score (nSPS) is 14.7. The summed E-state index contributed by atoms with van der Waals surface area (Å²) in [5.41, 5.74) is 1.14. The molecule has 9 heteroatoms. The summed E-state index contributed by atoms with van der Waals surface area (Å²) >= 11 is 6.29. The molecule has 3 rings (SSSR count). The van der Waals surface area contributed by atoms with Crippen molar-refractivity contribution in [3.8, 4) is 11.5 Å². The minimum absolute atomic E-state index is 0.247. The minimum atomic E-state index is -3.47. The molecule has 0 aliphatic carbocycles. The van der Waals surface area contributed by atoms with Gasteiger partial charge in [0.25, 0.3) is 5.91 Å². The zero-order chi connectivity index (χ0) is 23.1. The Morgan fingerprint density at radius 1 is 1.12 bits per heavy atom. The van der Waals surface area contributed by atoms with Gasteiger partial charge in [-0.25, -0.2) is 8.42 Å². The SMILES string of the molecule is CCCOc1c(Cl)cc(C(=O)NCc2ccc(S(=O)(=O)N3CCCCC3)cc2)cc1OC. The molecule has 0 spiro atoms. The lowest BCUT2D eigenvalue weighted by Crippen LogP contribution is -2.35. The van der Waals surface area contributed by atoms with E-state index in [0.717, 1.165) is 31.2 Å². The van der Waals surface area contributed by atoms with Crippen LogP contribution in [0.5, 0.6) is 11.5 Å². The lowest BCUT2D eigenvalue weighted by molar-refractivity contribution is 0.0950. The van der Waals surface area contributed by atoms with E-state index in [-0.39, 0.29) is 17.3 Å². The van der Waals surface area contributed by atoms with Crippen LogP contribution < -0.4 is 14.8 Å². The number of benzene rings is 2. The number of sulfonamides is 1. The van der Waals surface area contributed by atoms with E-state index in [0.29, 0.717) is 41.8 Å². The summed E-state index contributed by atoms with van der Waals surface area (Å²) in [4.78, 5) is 12.9. The molecule has 1 saturated heterocycles. The lowest BCUT2D eigenvalue weighted by atomic mass is 10.1. The largest absolute Gasteiger partial charge is 0.493 e. The molecule has 2 aromatic rings. The fourth-order valence-corrected chi connectivity index (χ4v) is 5.30. The van der Waals surface area contributed by atoms with Crippen LogP contribution in [-0.4, -0.2) is 45.4 Å². The van der Waals surface area contributed by atoms with Gasteiger partial charge in [0.2, 0.25) is 10.0 Å². The fourth-order valence-electron chi connectivity index (χ4n) is 3.51. The van der Waals surface area contributed by atoms with Crippen LogP contribution in [0.3, 0.4) is 0 Å². The number of nitrogens with zero attached hydrogens (tertiary/aromatic N) is 1. The number of methoxy groups -OCH3 is 1. The number of hydrogen-bond donors (Lipinski definition) is 1. The van der Waals surface area contributed by atoms with Gasteiger partial charge in [0.15, 0.2) is 11.5 Å². The van der Waals surface area contributed by atoms with Crippen LogP contribution in [-0.2, 0) is 16.6 Å². The third-order valence-corrected chi connectivity index (χ3v) is 7.47. The highest BCUT2D eigenvalue weighted by Gasteiger charge is 2.25. The monoisotopic (exact) mass is 480 g/mol. The molecule has 1 aliphatic rings. The highest BCUT2D eigenvalue weighted by Crippen LogP contribution is 2.36. The molecular formula is C23H29ClN2O5S. The van der Waals surface area contributed by atoms with Gasteiger partial charge in [-0.05, 0) is 49.1 Å². The first kappa shape index (κ1) is 24.4. The van der Waals surface area contributed by atoms with Gasteiger partial charge in [-0.3, -0.25) is 4.79 Å². The lowest BCUT2D eigenvalue weighted by Gasteiger charge is -2.25. The van der Waals surface area contributed by atoms with Crippen LogP contribution in [0.25, 0.3) is 0 Å². The molecule has 1 heterocycles. The molecule has 7 nitrogen and oxygen atoms in total. The van der Waals surface area contributed by atoms with Gasteiger partial charge in [-0.2, -0.15) is 4.31 Å². The summed E-state index contributed by atoms with van der Waals surface area (Å²) < 4.78 is 38.0. The third kappa shape index (κ3) is 5.74. The van der Waals surface area contributed by atoms with Crippen molar-refractivity contribution < 1.29 is 22.7 Å². The molecule has 174 valence electrons. The van der Waals surface area contributed by atoms with Gasteiger partial charge in [-0.15, -0.1) is 0 Å². The maximum absolute atomic E-state index is 12.8. The Morgan fingerprint density at radius 2 is 1.81 bits per heavy atom. The van der Waals surface area contributed by atoms with Crippen molar-refractivity contribution in [3.05, 3.63) is 52.5 Å². The van der Waals surface area contributed by atoms with Crippen molar-refractivity contribution in [1.82, 2.24) is 9.62 Å². The van der Waals surface area contributed by atoms with Crippen LogP contribution in [0.2, 0.25) is 5.02 Å². The second-order valence-corrected chi connectivity index (χ2v) is 9.97. The zero-order valence-electron chi connectivity index (χ0n) is 18.4. The summed E-state index contributed by atoms with van der Waals surface area (Å²) in [6, 6.07) is 9.73. The van der Waals surface area contributed by atoms with Gasteiger partial charge in [-0.1, -0.05) is 37.1 Å². The van der Waals surface area contributed by atoms with Gasteiger partial charge in [0.1, 0.15) is 0 Å². The van der Waals surface area contributed by atoms with Crippen molar-refractivity contribution >= 4 is 27.5 Å². The summed E-state index contributed by atoms with van der Waals surface area (Å²) in [7, 11) is -1.98. The summed E-state index contributed by atoms with van der Waals surface area (Å²) in [6.45, 7) is 3.85. The number of ether oxygens (including phenoxy) is 2. The maximum Gasteiger partial charge on any atom is 0.251 e. The molecule has 32 heavy (non-hydrogen) atoms. The Morgan fingerprint density at radius 3 is 2.44 bits per heavy atom. The van der Waals surface area contributed by atoms with Crippen LogP contribution >= 0.6 is 11.6 Å². The first-order valence-corrected chi connectivity index (χ1v) is 12.6. The second kappa shape index (κ2) is 11.0. The number of carbonyl (C=O) groups is 1. The van der Waals surface area contributed by atoms with Crippen molar-refractivity contribution in [2.45, 2.75) is 44.0 Å². The number of amides is 1. The molecule has 1 N–H and O–H groups in total.